The van der Waals surface area contributed by atoms with Crippen molar-refractivity contribution in [2.45, 2.75) is 11.9 Å². The Kier molecular flexibility index (Phi) is 4.52. The van der Waals surface area contributed by atoms with Crippen LogP contribution in [0, 0.1) is 17.0 Å². The number of aryl methyl sites for hydroxylation is 1. The van der Waals surface area contributed by atoms with E-state index in [0.717, 1.165) is 15.9 Å². The summed E-state index contributed by atoms with van der Waals surface area (Å²) in [5.41, 5.74) is 1.64. The first-order valence-electron chi connectivity index (χ1n) is 7.17. The highest BCUT2D eigenvalue weighted by Gasteiger charge is 2.16. The van der Waals surface area contributed by atoms with Gasteiger partial charge in [0.2, 0.25) is 0 Å². The number of fused-ring (bicyclic) bond motifs is 1. The lowest BCUT2D eigenvalue weighted by molar-refractivity contribution is -0.385. The van der Waals surface area contributed by atoms with E-state index in [9.17, 15) is 14.9 Å². The minimum absolute atomic E-state index is 0.0432. The molecule has 0 radical (unpaired) electrons. The minimum Gasteiger partial charge on any atom is -0.293 e. The van der Waals surface area contributed by atoms with Gasteiger partial charge in [-0.15, -0.1) is 0 Å². The van der Waals surface area contributed by atoms with Crippen molar-refractivity contribution in [3.05, 3.63) is 70.0 Å². The topological polar surface area (TPSA) is 86.0 Å². The number of rotatable bonds is 5. The van der Waals surface area contributed by atoms with Crippen LogP contribution in [-0.2, 0) is 0 Å². The lowest BCUT2D eigenvalue weighted by atomic mass is 10.1. The van der Waals surface area contributed by atoms with E-state index in [1.54, 1.807) is 19.1 Å². The molecule has 1 heterocycles. The smallest absolute Gasteiger partial charge is 0.273 e. The second-order valence-corrected chi connectivity index (χ2v) is 6.13. The summed E-state index contributed by atoms with van der Waals surface area (Å²) >= 11 is 1.30. The van der Waals surface area contributed by atoms with Crippen molar-refractivity contribution in [1.29, 1.82) is 0 Å². The quantitative estimate of drug-likeness (QED) is 0.231. The van der Waals surface area contributed by atoms with E-state index in [2.05, 4.69) is 9.97 Å². The molecule has 0 bridgehead atoms. The maximum atomic E-state index is 12.4. The van der Waals surface area contributed by atoms with E-state index in [1.165, 1.54) is 24.2 Å². The predicted molar refractivity (Wildman–Crippen MR) is 92.4 cm³/mol. The number of para-hydroxylation sites is 1. The van der Waals surface area contributed by atoms with Crippen molar-refractivity contribution in [3.63, 3.8) is 0 Å². The van der Waals surface area contributed by atoms with Gasteiger partial charge in [-0.25, -0.2) is 9.97 Å². The number of hydrogen-bond acceptors (Lipinski definition) is 6. The molecule has 0 unspecified atom stereocenters. The molecule has 2 aromatic carbocycles. The van der Waals surface area contributed by atoms with Crippen molar-refractivity contribution < 1.29 is 9.72 Å². The molecule has 6 nitrogen and oxygen atoms in total. The molecule has 0 saturated carbocycles. The van der Waals surface area contributed by atoms with Gasteiger partial charge >= 0.3 is 0 Å². The highest BCUT2D eigenvalue weighted by molar-refractivity contribution is 8.00. The van der Waals surface area contributed by atoms with E-state index in [0.29, 0.717) is 11.1 Å². The van der Waals surface area contributed by atoms with Crippen LogP contribution < -0.4 is 0 Å². The van der Waals surface area contributed by atoms with Gasteiger partial charge in [-0.3, -0.25) is 14.9 Å². The van der Waals surface area contributed by atoms with Crippen LogP contribution in [0.1, 0.15) is 15.9 Å². The first kappa shape index (κ1) is 16.1. The number of nitro benzene ring substituents is 1. The van der Waals surface area contributed by atoms with Gasteiger partial charge in [0.25, 0.3) is 5.69 Å². The summed E-state index contributed by atoms with van der Waals surface area (Å²) < 4.78 is 0. The molecule has 0 aliphatic carbocycles. The van der Waals surface area contributed by atoms with Crippen LogP contribution in [0.5, 0.6) is 0 Å². The van der Waals surface area contributed by atoms with Gasteiger partial charge in [0, 0.05) is 22.6 Å². The molecule has 0 saturated heterocycles. The molecule has 3 rings (SSSR count). The van der Waals surface area contributed by atoms with Crippen molar-refractivity contribution in [2.24, 2.45) is 0 Å². The number of aromatic nitrogens is 2. The van der Waals surface area contributed by atoms with Gasteiger partial charge in [-0.2, -0.15) is 0 Å². The van der Waals surface area contributed by atoms with Crippen LogP contribution >= 0.6 is 11.8 Å². The summed E-state index contributed by atoms with van der Waals surface area (Å²) in [4.78, 5) is 31.3. The van der Waals surface area contributed by atoms with Gasteiger partial charge in [0.1, 0.15) is 11.4 Å². The lowest BCUT2D eigenvalue weighted by Gasteiger charge is -2.05. The van der Waals surface area contributed by atoms with E-state index in [-0.39, 0.29) is 17.2 Å². The monoisotopic (exact) mass is 339 g/mol. The number of carbonyl (C=O) groups is 1. The van der Waals surface area contributed by atoms with Crippen LogP contribution in [0.2, 0.25) is 0 Å². The summed E-state index contributed by atoms with van der Waals surface area (Å²) in [7, 11) is 0. The van der Waals surface area contributed by atoms with Crippen molar-refractivity contribution in [1.82, 2.24) is 9.97 Å². The SMILES string of the molecule is Cc1ccc(C(=O)CSc2ncnc3ccccc23)cc1[N+](=O)[O-]. The summed E-state index contributed by atoms with van der Waals surface area (Å²) in [6.45, 7) is 1.65. The third kappa shape index (κ3) is 3.26. The molecular formula is C17H13N3O3S. The maximum Gasteiger partial charge on any atom is 0.273 e. The fourth-order valence-electron chi connectivity index (χ4n) is 2.29. The Hall–Kier alpha value is -2.80. The van der Waals surface area contributed by atoms with E-state index in [1.807, 2.05) is 24.3 Å². The Morgan fingerprint density at radius 1 is 1.21 bits per heavy atom. The van der Waals surface area contributed by atoms with Crippen molar-refractivity contribution in [3.8, 4) is 0 Å². The average molecular weight is 339 g/mol. The number of benzene rings is 2. The molecule has 0 aliphatic heterocycles. The summed E-state index contributed by atoms with van der Waals surface area (Å²) in [6, 6.07) is 12.1. The number of thioether (sulfide) groups is 1. The molecule has 0 aliphatic rings. The molecule has 120 valence electrons. The molecular weight excluding hydrogens is 326 g/mol. The normalized spacial score (nSPS) is 10.7. The van der Waals surface area contributed by atoms with E-state index >= 15 is 0 Å². The third-order valence-electron chi connectivity index (χ3n) is 3.57. The maximum absolute atomic E-state index is 12.4. The Morgan fingerprint density at radius 3 is 2.79 bits per heavy atom. The van der Waals surface area contributed by atoms with Crippen LogP contribution in [0.25, 0.3) is 10.9 Å². The molecule has 0 amide bonds. The highest BCUT2D eigenvalue weighted by atomic mass is 32.2. The molecule has 0 atom stereocenters. The molecule has 0 spiro atoms. The number of nitro groups is 1. The van der Waals surface area contributed by atoms with Crippen molar-refractivity contribution >= 4 is 34.1 Å². The molecule has 24 heavy (non-hydrogen) atoms. The predicted octanol–water partition coefficient (Wildman–Crippen LogP) is 3.82. The standard InChI is InChI=1S/C17H13N3O3S/c1-11-6-7-12(8-15(11)20(22)23)16(21)9-24-17-13-4-2-3-5-14(13)18-10-19-17/h2-8,10H,9H2,1H3. The van der Waals surface area contributed by atoms with E-state index < -0.39 is 4.92 Å². The average Bonchev–Trinajstić information content (AvgIpc) is 2.59. The zero-order chi connectivity index (χ0) is 17.1. The van der Waals surface area contributed by atoms with Gasteiger partial charge in [-0.05, 0) is 13.0 Å². The van der Waals surface area contributed by atoms with Gasteiger partial charge in [0.15, 0.2) is 5.78 Å². The summed E-state index contributed by atoms with van der Waals surface area (Å²) in [6.07, 6.45) is 1.46. The highest BCUT2D eigenvalue weighted by Crippen LogP contribution is 2.26. The van der Waals surface area contributed by atoms with E-state index in [4.69, 9.17) is 0 Å². The van der Waals surface area contributed by atoms with Crippen LogP contribution in [0.15, 0.2) is 53.8 Å². The number of nitrogens with zero attached hydrogens (tertiary/aromatic N) is 3. The second-order valence-electron chi connectivity index (χ2n) is 5.17. The van der Waals surface area contributed by atoms with Crippen LogP contribution in [0.3, 0.4) is 0 Å². The zero-order valence-electron chi connectivity index (χ0n) is 12.8. The van der Waals surface area contributed by atoms with Gasteiger partial charge in [-0.1, -0.05) is 42.1 Å². The fraction of sp³-hybridized carbons (Fsp3) is 0.118. The van der Waals surface area contributed by atoms with Gasteiger partial charge < -0.3 is 0 Å². The van der Waals surface area contributed by atoms with Gasteiger partial charge in [0.05, 0.1) is 16.2 Å². The lowest BCUT2D eigenvalue weighted by Crippen LogP contribution is -2.04. The number of ketones is 1. The third-order valence-corrected chi connectivity index (χ3v) is 4.58. The molecule has 7 heteroatoms. The van der Waals surface area contributed by atoms with Crippen molar-refractivity contribution in [2.75, 3.05) is 5.75 Å². The Labute approximate surface area is 142 Å². The Morgan fingerprint density at radius 2 is 2.00 bits per heavy atom. The van der Waals surface area contributed by atoms with Crippen LogP contribution in [0.4, 0.5) is 5.69 Å². The molecule has 1 aromatic heterocycles. The van der Waals surface area contributed by atoms with Crippen LogP contribution in [-0.4, -0.2) is 26.4 Å². The largest absolute Gasteiger partial charge is 0.293 e. The fourth-order valence-corrected chi connectivity index (χ4v) is 3.18. The Bertz CT molecular complexity index is 938. The molecule has 0 fully saturated rings. The summed E-state index contributed by atoms with van der Waals surface area (Å²) in [5, 5.41) is 12.6. The second kappa shape index (κ2) is 6.76. The molecule has 3 aromatic rings. The summed E-state index contributed by atoms with van der Waals surface area (Å²) in [5.74, 6) is -0.0212. The number of Topliss-reactive ketones (excluding diaryl/α,β-unsaturated/α-hetero) is 1. The molecule has 0 N–H and O–H groups in total. The first-order valence-corrected chi connectivity index (χ1v) is 8.15. The number of hydrogen-bond donors (Lipinski definition) is 0. The Balaban J connectivity index is 1.80. The number of carbonyl (C=O) groups excluding carboxylic acids is 1. The first-order chi connectivity index (χ1) is 11.6. The zero-order valence-corrected chi connectivity index (χ0v) is 13.6. The minimum atomic E-state index is -0.475.